The van der Waals surface area contributed by atoms with Gasteiger partial charge >= 0.3 is 5.97 Å². The molecule has 5 nitrogen and oxygen atoms in total. The van der Waals surface area contributed by atoms with Crippen LogP contribution < -0.4 is 4.89 Å². The number of rotatable bonds is 4. The molecule has 1 aromatic rings. The third kappa shape index (κ3) is 3.61. The van der Waals surface area contributed by atoms with Crippen LogP contribution in [0.3, 0.4) is 0 Å². The summed E-state index contributed by atoms with van der Waals surface area (Å²) in [5.74, 6) is -0.268. The van der Waals surface area contributed by atoms with Gasteiger partial charge in [-0.25, -0.2) is 13.2 Å². The quantitative estimate of drug-likeness (QED) is 0.484. The van der Waals surface area contributed by atoms with E-state index in [1.807, 2.05) is 0 Å². The molecule has 0 atom stereocenters. The van der Waals surface area contributed by atoms with Crippen LogP contribution in [0.25, 0.3) is 0 Å². The molecule has 0 aliphatic rings. The van der Waals surface area contributed by atoms with Gasteiger partial charge in [0.2, 0.25) is 0 Å². The third-order valence-corrected chi connectivity index (χ3v) is 3.79. The Balaban J connectivity index is 3.04. The molecule has 0 unspecified atom stereocenters. The number of hydrogen-bond donors (Lipinski definition) is 0. The van der Waals surface area contributed by atoms with Crippen molar-refractivity contribution in [2.24, 2.45) is 0 Å². The van der Waals surface area contributed by atoms with Crippen LogP contribution >= 0.6 is 10.7 Å². The van der Waals surface area contributed by atoms with Gasteiger partial charge in [0.15, 0.2) is 5.75 Å². The first-order valence-electron chi connectivity index (χ1n) is 5.19. The van der Waals surface area contributed by atoms with Gasteiger partial charge in [-0.05, 0) is 37.1 Å². The first kappa shape index (κ1) is 14.8. The van der Waals surface area contributed by atoms with Gasteiger partial charge in [0, 0.05) is 17.1 Å². The van der Waals surface area contributed by atoms with Crippen molar-refractivity contribution in [3.63, 3.8) is 0 Å². The Morgan fingerprint density at radius 2 is 1.78 bits per heavy atom. The Labute approximate surface area is 110 Å². The van der Waals surface area contributed by atoms with Crippen LogP contribution in [0.15, 0.2) is 17.0 Å². The van der Waals surface area contributed by atoms with Crippen LogP contribution in [0, 0.1) is 13.8 Å². The summed E-state index contributed by atoms with van der Waals surface area (Å²) in [6, 6.07) is 2.87. The minimum atomic E-state index is -3.81. The number of carbonyl (C=O) groups is 1. The minimum Gasteiger partial charge on any atom is -0.287 e. The van der Waals surface area contributed by atoms with E-state index in [0.29, 0.717) is 11.1 Å². The SMILES string of the molecule is CCC(=O)OOc1cc(C)c(S(=O)(=O)Cl)c(C)c1. The summed E-state index contributed by atoms with van der Waals surface area (Å²) in [5, 5.41) is 0. The molecule has 0 aliphatic heterocycles. The van der Waals surface area contributed by atoms with Gasteiger partial charge in [-0.2, -0.15) is 0 Å². The zero-order valence-electron chi connectivity index (χ0n) is 10.2. The van der Waals surface area contributed by atoms with Gasteiger partial charge in [0.25, 0.3) is 9.05 Å². The number of halogens is 1. The summed E-state index contributed by atoms with van der Waals surface area (Å²) in [5.41, 5.74) is 0.847. The van der Waals surface area contributed by atoms with E-state index in [4.69, 9.17) is 15.6 Å². The highest BCUT2D eigenvalue weighted by Crippen LogP contribution is 2.28. The van der Waals surface area contributed by atoms with Crippen LogP contribution in [0.5, 0.6) is 5.75 Å². The Morgan fingerprint density at radius 3 is 2.17 bits per heavy atom. The predicted octanol–water partition coefficient (Wildman–Crippen LogP) is 2.48. The molecule has 0 saturated heterocycles. The smallest absolute Gasteiger partial charge is 0.287 e. The predicted molar refractivity (Wildman–Crippen MR) is 66.0 cm³/mol. The molecular weight excluding hydrogens is 280 g/mol. The molecule has 1 rings (SSSR count). The Bertz CT molecular complexity index is 542. The molecule has 0 fully saturated rings. The standard InChI is InChI=1S/C11H13ClO5S/c1-4-10(13)17-16-9-5-7(2)11(8(3)6-9)18(12,14)15/h5-6H,4H2,1-3H3. The maximum atomic E-state index is 11.3. The van der Waals surface area contributed by atoms with Crippen LogP contribution in [0.2, 0.25) is 0 Å². The second-order valence-electron chi connectivity index (χ2n) is 3.72. The van der Waals surface area contributed by atoms with E-state index in [1.165, 1.54) is 12.1 Å². The molecule has 0 bridgehead atoms. The lowest BCUT2D eigenvalue weighted by Crippen LogP contribution is -2.07. The highest BCUT2D eigenvalue weighted by atomic mass is 35.7. The highest BCUT2D eigenvalue weighted by molar-refractivity contribution is 8.13. The van der Waals surface area contributed by atoms with Crippen molar-refractivity contribution in [2.75, 3.05) is 0 Å². The zero-order valence-corrected chi connectivity index (χ0v) is 11.8. The van der Waals surface area contributed by atoms with Crippen LogP contribution in [0.1, 0.15) is 24.5 Å². The Morgan fingerprint density at radius 1 is 1.28 bits per heavy atom. The van der Waals surface area contributed by atoms with E-state index in [9.17, 15) is 13.2 Å². The van der Waals surface area contributed by atoms with E-state index in [2.05, 4.69) is 4.89 Å². The van der Waals surface area contributed by atoms with Crippen molar-refractivity contribution in [3.05, 3.63) is 23.3 Å². The summed E-state index contributed by atoms with van der Waals surface area (Å²) in [6.45, 7) is 4.79. The molecule has 0 saturated carbocycles. The molecule has 18 heavy (non-hydrogen) atoms. The van der Waals surface area contributed by atoms with Crippen molar-refractivity contribution < 1.29 is 23.0 Å². The molecular formula is C11H13ClO5S. The molecule has 100 valence electrons. The van der Waals surface area contributed by atoms with Gasteiger partial charge in [-0.1, -0.05) is 6.92 Å². The van der Waals surface area contributed by atoms with Crippen LogP contribution in [-0.4, -0.2) is 14.4 Å². The van der Waals surface area contributed by atoms with Gasteiger partial charge in [0.05, 0.1) is 4.90 Å². The fourth-order valence-corrected chi connectivity index (χ4v) is 3.11. The fraction of sp³-hybridized carbons (Fsp3) is 0.364. The minimum absolute atomic E-state index is 0.0401. The molecule has 0 aliphatic carbocycles. The topological polar surface area (TPSA) is 69.7 Å². The normalized spacial score (nSPS) is 11.1. The van der Waals surface area contributed by atoms with Gasteiger partial charge in [-0.15, -0.1) is 0 Å². The van der Waals surface area contributed by atoms with E-state index < -0.39 is 15.0 Å². The van der Waals surface area contributed by atoms with Gasteiger partial charge in [0.1, 0.15) is 0 Å². The fourth-order valence-electron chi connectivity index (χ4n) is 1.50. The zero-order chi connectivity index (χ0) is 13.9. The van der Waals surface area contributed by atoms with Crippen molar-refractivity contribution in [2.45, 2.75) is 32.1 Å². The van der Waals surface area contributed by atoms with Crippen LogP contribution in [0.4, 0.5) is 0 Å². The highest BCUT2D eigenvalue weighted by Gasteiger charge is 2.18. The van der Waals surface area contributed by atoms with E-state index >= 15 is 0 Å². The average molecular weight is 293 g/mol. The average Bonchev–Trinajstić information content (AvgIpc) is 2.22. The summed E-state index contributed by atoms with van der Waals surface area (Å²) in [6.07, 6.45) is 0.187. The molecule has 0 amide bonds. The second-order valence-corrected chi connectivity index (χ2v) is 6.22. The molecule has 0 radical (unpaired) electrons. The Kier molecular flexibility index (Phi) is 4.59. The largest absolute Gasteiger partial charge is 0.355 e. The van der Waals surface area contributed by atoms with Gasteiger partial charge in [-0.3, -0.25) is 9.78 Å². The molecule has 0 spiro atoms. The van der Waals surface area contributed by atoms with E-state index in [0.717, 1.165) is 0 Å². The van der Waals surface area contributed by atoms with Crippen molar-refractivity contribution in [1.82, 2.24) is 0 Å². The summed E-state index contributed by atoms with van der Waals surface area (Å²) in [7, 11) is 1.51. The third-order valence-electron chi connectivity index (χ3n) is 2.20. The van der Waals surface area contributed by atoms with E-state index in [-0.39, 0.29) is 17.1 Å². The number of aryl methyl sites for hydroxylation is 2. The number of carbonyl (C=O) groups excluding carboxylic acids is 1. The van der Waals surface area contributed by atoms with E-state index in [1.54, 1.807) is 20.8 Å². The molecule has 0 N–H and O–H groups in total. The maximum Gasteiger partial charge on any atom is 0.355 e. The first-order chi connectivity index (χ1) is 8.25. The lowest BCUT2D eigenvalue weighted by Gasteiger charge is -2.09. The first-order valence-corrected chi connectivity index (χ1v) is 7.50. The number of benzene rings is 1. The summed E-state index contributed by atoms with van der Waals surface area (Å²) >= 11 is 0. The summed E-state index contributed by atoms with van der Waals surface area (Å²) in [4.78, 5) is 20.2. The number of hydrogen-bond acceptors (Lipinski definition) is 5. The molecule has 0 heterocycles. The van der Waals surface area contributed by atoms with Crippen molar-refractivity contribution in [1.29, 1.82) is 0 Å². The van der Waals surface area contributed by atoms with Crippen molar-refractivity contribution >= 4 is 25.7 Å². The van der Waals surface area contributed by atoms with Crippen molar-refractivity contribution in [3.8, 4) is 5.75 Å². The molecule has 1 aromatic carbocycles. The van der Waals surface area contributed by atoms with Crippen LogP contribution in [-0.2, 0) is 18.7 Å². The maximum absolute atomic E-state index is 11.3. The monoisotopic (exact) mass is 292 g/mol. The van der Waals surface area contributed by atoms with Gasteiger partial charge < -0.3 is 0 Å². The summed E-state index contributed by atoms with van der Waals surface area (Å²) < 4.78 is 22.7. The molecule has 7 heteroatoms. The Hall–Kier alpha value is -1.27. The lowest BCUT2D eigenvalue weighted by atomic mass is 10.1. The molecule has 0 aromatic heterocycles. The lowest BCUT2D eigenvalue weighted by molar-refractivity contribution is -0.213. The second kappa shape index (κ2) is 5.58.